The fraction of sp³-hybridized carbons (Fsp3) is 0.227. The summed E-state index contributed by atoms with van der Waals surface area (Å²) >= 11 is 0. The van der Waals surface area contributed by atoms with E-state index < -0.39 is 10.0 Å². The van der Waals surface area contributed by atoms with Gasteiger partial charge < -0.3 is 10.1 Å². The minimum Gasteiger partial charge on any atom is -0.497 e. The van der Waals surface area contributed by atoms with Crippen LogP contribution in [0.25, 0.3) is 11.3 Å². The number of sulfonamides is 1. The van der Waals surface area contributed by atoms with E-state index in [1.165, 1.54) is 6.07 Å². The minimum absolute atomic E-state index is 0.102. The van der Waals surface area contributed by atoms with Gasteiger partial charge in [-0.2, -0.15) is 9.98 Å². The summed E-state index contributed by atoms with van der Waals surface area (Å²) in [5.41, 5.74) is 2.41. The summed E-state index contributed by atoms with van der Waals surface area (Å²) in [6.45, 7) is 3.44. The van der Waals surface area contributed by atoms with E-state index >= 15 is 0 Å². The lowest BCUT2D eigenvalue weighted by atomic mass is 10.1. The van der Waals surface area contributed by atoms with Crippen LogP contribution in [0.4, 0.5) is 5.82 Å². The molecule has 1 unspecified atom stereocenters. The topological polar surface area (TPSA) is 117 Å². The van der Waals surface area contributed by atoms with E-state index in [0.717, 1.165) is 22.6 Å². The fourth-order valence-corrected chi connectivity index (χ4v) is 4.01. The molecular weight excluding hydrogens is 414 g/mol. The van der Waals surface area contributed by atoms with Gasteiger partial charge in [-0.05, 0) is 43.7 Å². The SMILES string of the molecule is COc1cccc(-c2cc(NC(C)c3cccc(S(=O)(=O)NCC#N)c3)nc(C)n2)c1. The van der Waals surface area contributed by atoms with Gasteiger partial charge in [0.05, 0.1) is 30.3 Å². The van der Waals surface area contributed by atoms with Gasteiger partial charge in [-0.25, -0.2) is 18.4 Å². The number of anilines is 1. The van der Waals surface area contributed by atoms with E-state index in [1.807, 2.05) is 50.2 Å². The van der Waals surface area contributed by atoms with Crippen molar-refractivity contribution in [3.05, 3.63) is 66.0 Å². The average molecular weight is 438 g/mol. The van der Waals surface area contributed by atoms with Crippen LogP contribution in [0.2, 0.25) is 0 Å². The van der Waals surface area contributed by atoms with Crippen LogP contribution in [-0.4, -0.2) is 32.0 Å². The van der Waals surface area contributed by atoms with E-state index in [0.29, 0.717) is 11.6 Å². The maximum Gasteiger partial charge on any atom is 0.241 e. The highest BCUT2D eigenvalue weighted by molar-refractivity contribution is 7.89. The molecule has 160 valence electrons. The molecule has 0 aliphatic heterocycles. The molecule has 0 saturated heterocycles. The summed E-state index contributed by atoms with van der Waals surface area (Å²) in [5.74, 6) is 1.96. The zero-order valence-corrected chi connectivity index (χ0v) is 18.3. The number of hydrogen-bond acceptors (Lipinski definition) is 7. The molecule has 3 rings (SSSR count). The second-order valence-corrected chi connectivity index (χ2v) is 8.61. The zero-order valence-electron chi connectivity index (χ0n) is 17.5. The van der Waals surface area contributed by atoms with Gasteiger partial charge in [0.2, 0.25) is 10.0 Å². The predicted molar refractivity (Wildman–Crippen MR) is 118 cm³/mol. The largest absolute Gasteiger partial charge is 0.497 e. The maximum atomic E-state index is 12.3. The standard InChI is InChI=1S/C22H23N5O3S/c1-15(17-6-5-9-20(13-17)31(28,29)24-11-10-23)25-22-14-21(26-16(2)27-22)18-7-4-8-19(12-18)30-3/h4-9,12-15,24H,11H2,1-3H3,(H,25,26,27). The minimum atomic E-state index is -3.75. The Morgan fingerprint density at radius 1 is 1.13 bits per heavy atom. The van der Waals surface area contributed by atoms with Gasteiger partial charge in [0.25, 0.3) is 0 Å². The second kappa shape index (κ2) is 9.55. The van der Waals surface area contributed by atoms with E-state index in [1.54, 1.807) is 25.3 Å². The first kappa shape index (κ1) is 22.2. The Labute approximate surface area is 182 Å². The van der Waals surface area contributed by atoms with Crippen LogP contribution < -0.4 is 14.8 Å². The van der Waals surface area contributed by atoms with E-state index in [4.69, 9.17) is 10.00 Å². The van der Waals surface area contributed by atoms with Crippen molar-refractivity contribution in [1.82, 2.24) is 14.7 Å². The molecule has 2 aromatic carbocycles. The third-order valence-corrected chi connectivity index (χ3v) is 5.98. The Morgan fingerprint density at radius 3 is 2.65 bits per heavy atom. The number of nitriles is 1. The summed E-state index contributed by atoms with van der Waals surface area (Å²) in [6, 6.07) is 17.6. The van der Waals surface area contributed by atoms with Crippen LogP contribution in [0.5, 0.6) is 5.75 Å². The third kappa shape index (κ3) is 5.57. The normalized spacial score (nSPS) is 12.1. The van der Waals surface area contributed by atoms with E-state index in [2.05, 4.69) is 20.0 Å². The smallest absolute Gasteiger partial charge is 0.241 e. The monoisotopic (exact) mass is 437 g/mol. The Hall–Kier alpha value is -3.48. The van der Waals surface area contributed by atoms with Gasteiger partial charge in [-0.3, -0.25) is 0 Å². The van der Waals surface area contributed by atoms with Gasteiger partial charge in [0.15, 0.2) is 0 Å². The molecular formula is C22H23N5O3S. The Morgan fingerprint density at radius 2 is 1.90 bits per heavy atom. The van der Waals surface area contributed by atoms with Gasteiger partial charge in [-0.15, -0.1) is 0 Å². The maximum absolute atomic E-state index is 12.3. The third-order valence-electron chi connectivity index (χ3n) is 4.58. The molecule has 0 spiro atoms. The Kier molecular flexibility index (Phi) is 6.84. The van der Waals surface area contributed by atoms with E-state index in [9.17, 15) is 8.42 Å². The molecule has 31 heavy (non-hydrogen) atoms. The molecule has 8 nitrogen and oxygen atoms in total. The first-order valence-corrected chi connectivity index (χ1v) is 11.0. The highest BCUT2D eigenvalue weighted by atomic mass is 32.2. The van der Waals surface area contributed by atoms with Gasteiger partial charge in [0, 0.05) is 17.7 Å². The molecule has 0 amide bonds. The van der Waals surface area contributed by atoms with Crippen LogP contribution in [0.3, 0.4) is 0 Å². The quantitative estimate of drug-likeness (QED) is 0.518. The number of rotatable bonds is 8. The van der Waals surface area contributed by atoms with Crippen molar-refractivity contribution in [2.75, 3.05) is 19.0 Å². The van der Waals surface area contributed by atoms with Crippen molar-refractivity contribution in [3.8, 4) is 23.1 Å². The molecule has 9 heteroatoms. The molecule has 0 fully saturated rings. The molecule has 1 atom stereocenters. The van der Waals surface area contributed by atoms with Gasteiger partial charge in [0.1, 0.15) is 17.4 Å². The van der Waals surface area contributed by atoms with Crippen molar-refractivity contribution in [2.24, 2.45) is 0 Å². The van der Waals surface area contributed by atoms with Crippen LogP contribution in [-0.2, 0) is 10.0 Å². The lowest BCUT2D eigenvalue weighted by Gasteiger charge is -2.17. The Bertz CT molecular complexity index is 1220. The van der Waals surface area contributed by atoms with Gasteiger partial charge in [-0.1, -0.05) is 24.3 Å². The second-order valence-electron chi connectivity index (χ2n) is 6.84. The summed E-state index contributed by atoms with van der Waals surface area (Å²) in [4.78, 5) is 9.07. The number of nitrogens with one attached hydrogen (secondary N) is 2. The van der Waals surface area contributed by atoms with Crippen LogP contribution in [0, 0.1) is 18.3 Å². The lowest BCUT2D eigenvalue weighted by Crippen LogP contribution is -2.24. The molecule has 0 aliphatic carbocycles. The highest BCUT2D eigenvalue weighted by Gasteiger charge is 2.16. The first-order valence-electron chi connectivity index (χ1n) is 9.55. The zero-order chi connectivity index (χ0) is 22.4. The number of aryl methyl sites for hydroxylation is 1. The summed E-state index contributed by atoms with van der Waals surface area (Å²) < 4.78 is 32.2. The van der Waals surface area contributed by atoms with Crippen molar-refractivity contribution in [1.29, 1.82) is 5.26 Å². The highest BCUT2D eigenvalue weighted by Crippen LogP contribution is 2.26. The van der Waals surface area contributed by atoms with Crippen molar-refractivity contribution in [2.45, 2.75) is 24.8 Å². The van der Waals surface area contributed by atoms with Crippen LogP contribution >= 0.6 is 0 Å². The van der Waals surface area contributed by atoms with Crippen molar-refractivity contribution in [3.63, 3.8) is 0 Å². The van der Waals surface area contributed by atoms with Gasteiger partial charge >= 0.3 is 0 Å². The summed E-state index contributed by atoms with van der Waals surface area (Å²) in [6.07, 6.45) is 0. The van der Waals surface area contributed by atoms with Crippen molar-refractivity contribution >= 4 is 15.8 Å². The molecule has 2 N–H and O–H groups in total. The molecule has 3 aromatic rings. The molecule has 1 aromatic heterocycles. The number of hydrogen-bond donors (Lipinski definition) is 2. The average Bonchev–Trinajstić information content (AvgIpc) is 2.77. The molecule has 0 bridgehead atoms. The number of ether oxygens (including phenoxy) is 1. The molecule has 1 heterocycles. The van der Waals surface area contributed by atoms with E-state index in [-0.39, 0.29) is 17.5 Å². The predicted octanol–water partition coefficient (Wildman–Crippen LogP) is 3.44. The summed E-state index contributed by atoms with van der Waals surface area (Å²) in [5, 5.41) is 11.9. The fourth-order valence-electron chi connectivity index (χ4n) is 3.04. The number of methoxy groups -OCH3 is 1. The molecule has 0 radical (unpaired) electrons. The number of benzene rings is 2. The van der Waals surface area contributed by atoms with Crippen LogP contribution in [0.1, 0.15) is 24.4 Å². The first-order chi connectivity index (χ1) is 14.8. The van der Waals surface area contributed by atoms with Crippen LogP contribution in [0.15, 0.2) is 59.5 Å². The van der Waals surface area contributed by atoms with Crippen molar-refractivity contribution < 1.29 is 13.2 Å². The lowest BCUT2D eigenvalue weighted by molar-refractivity contribution is 0.415. The number of nitrogens with zero attached hydrogens (tertiary/aromatic N) is 3. The molecule has 0 saturated carbocycles. The Balaban J connectivity index is 1.85. The molecule has 0 aliphatic rings. The summed E-state index contributed by atoms with van der Waals surface area (Å²) in [7, 11) is -2.13. The number of aromatic nitrogens is 2.